The molecule has 9 heteroatoms. The van der Waals surface area contributed by atoms with Crippen molar-refractivity contribution in [3.8, 4) is 11.5 Å². The highest BCUT2D eigenvalue weighted by Crippen LogP contribution is 2.25. The lowest BCUT2D eigenvalue weighted by Crippen LogP contribution is -2.48. The van der Waals surface area contributed by atoms with Crippen molar-refractivity contribution in [1.82, 2.24) is 9.62 Å². The van der Waals surface area contributed by atoms with Gasteiger partial charge in [0.2, 0.25) is 5.91 Å². The van der Waals surface area contributed by atoms with Crippen LogP contribution in [0.5, 0.6) is 11.5 Å². The molecule has 0 saturated heterocycles. The monoisotopic (exact) mass is 449 g/mol. The molecule has 0 aliphatic carbocycles. The molecule has 8 nitrogen and oxygen atoms in total. The number of rotatable bonds is 10. The molecule has 0 spiro atoms. The van der Waals surface area contributed by atoms with Gasteiger partial charge in [0.05, 0.1) is 18.8 Å². The first-order valence-corrected chi connectivity index (χ1v) is 11.3. The quantitative estimate of drug-likeness (QED) is 0.602. The Balaban J connectivity index is 2.08. The number of anilines is 1. The average Bonchev–Trinajstić information content (AvgIpc) is 2.72. The van der Waals surface area contributed by atoms with Crippen molar-refractivity contribution in [2.24, 2.45) is 0 Å². The van der Waals surface area contributed by atoms with Crippen LogP contribution in [0.15, 0.2) is 42.5 Å². The predicted octanol–water partition coefficient (Wildman–Crippen LogP) is 2.51. The number of aryl methyl sites for hydroxylation is 2. The van der Waals surface area contributed by atoms with Gasteiger partial charge in [-0.05, 0) is 62.2 Å². The normalized spacial score (nSPS) is 12.4. The molecular weight excluding hydrogens is 418 g/mol. The van der Waals surface area contributed by atoms with Crippen LogP contribution in [0.1, 0.15) is 18.1 Å². The fourth-order valence-electron chi connectivity index (χ4n) is 2.86. The molecule has 0 fully saturated rings. The Bertz CT molecular complexity index is 991. The summed E-state index contributed by atoms with van der Waals surface area (Å²) in [5.41, 5.74) is 2.15. The summed E-state index contributed by atoms with van der Waals surface area (Å²) in [6.45, 7) is 5.39. The van der Waals surface area contributed by atoms with Gasteiger partial charge < -0.3 is 14.8 Å². The van der Waals surface area contributed by atoms with Gasteiger partial charge in [-0.3, -0.25) is 4.79 Å². The minimum atomic E-state index is -3.86. The largest absolute Gasteiger partial charge is 0.497 e. The van der Waals surface area contributed by atoms with E-state index in [0.29, 0.717) is 11.4 Å². The van der Waals surface area contributed by atoms with Crippen molar-refractivity contribution in [3.05, 3.63) is 53.6 Å². The van der Waals surface area contributed by atoms with E-state index in [1.165, 1.54) is 14.1 Å². The number of nitrogens with one attached hydrogen (secondary N) is 1. The van der Waals surface area contributed by atoms with E-state index in [-0.39, 0.29) is 19.2 Å². The fourth-order valence-corrected chi connectivity index (χ4v) is 3.98. The summed E-state index contributed by atoms with van der Waals surface area (Å²) in [5, 5.41) is 2.80. The van der Waals surface area contributed by atoms with Gasteiger partial charge in [-0.1, -0.05) is 12.1 Å². The summed E-state index contributed by atoms with van der Waals surface area (Å²) in [6.07, 6.45) is 0. The number of benzene rings is 2. The second-order valence-corrected chi connectivity index (χ2v) is 9.61. The lowest BCUT2D eigenvalue weighted by molar-refractivity contribution is -0.120. The minimum Gasteiger partial charge on any atom is -0.497 e. The molecule has 1 atom stereocenters. The number of carbonyl (C=O) groups is 1. The number of ether oxygens (including phenoxy) is 2. The van der Waals surface area contributed by atoms with Crippen LogP contribution in [0.4, 0.5) is 5.69 Å². The summed E-state index contributed by atoms with van der Waals surface area (Å²) in [4.78, 5) is 12.7. The Kier molecular flexibility index (Phi) is 8.29. The first kappa shape index (κ1) is 24.5. The Labute approximate surface area is 184 Å². The van der Waals surface area contributed by atoms with E-state index in [1.807, 2.05) is 26.0 Å². The van der Waals surface area contributed by atoms with Crippen molar-refractivity contribution in [3.63, 3.8) is 0 Å². The van der Waals surface area contributed by atoms with Gasteiger partial charge in [0.15, 0.2) is 0 Å². The molecule has 1 unspecified atom stereocenters. The Hall–Kier alpha value is -2.78. The molecule has 2 rings (SSSR count). The van der Waals surface area contributed by atoms with Crippen LogP contribution >= 0.6 is 0 Å². The summed E-state index contributed by atoms with van der Waals surface area (Å²) in [6, 6.07) is 12.3. The zero-order valence-corrected chi connectivity index (χ0v) is 19.7. The van der Waals surface area contributed by atoms with Crippen LogP contribution in [0.2, 0.25) is 0 Å². The van der Waals surface area contributed by atoms with E-state index >= 15 is 0 Å². The number of hydrogen-bond donors (Lipinski definition) is 1. The number of methoxy groups -OCH3 is 1. The highest BCUT2D eigenvalue weighted by Gasteiger charge is 2.28. The van der Waals surface area contributed by atoms with Crippen molar-refractivity contribution >= 4 is 21.8 Å². The van der Waals surface area contributed by atoms with E-state index in [2.05, 4.69) is 5.32 Å². The van der Waals surface area contributed by atoms with E-state index in [0.717, 1.165) is 25.5 Å². The molecule has 0 heterocycles. The molecule has 0 bridgehead atoms. The first-order chi connectivity index (χ1) is 14.5. The maximum absolute atomic E-state index is 12.9. The van der Waals surface area contributed by atoms with Crippen LogP contribution in [0.3, 0.4) is 0 Å². The Morgan fingerprint density at radius 1 is 1.06 bits per heavy atom. The Morgan fingerprint density at radius 2 is 1.68 bits per heavy atom. The number of amides is 1. The van der Waals surface area contributed by atoms with Crippen molar-refractivity contribution < 1.29 is 22.7 Å². The zero-order chi connectivity index (χ0) is 23.2. The second-order valence-electron chi connectivity index (χ2n) is 7.54. The van der Waals surface area contributed by atoms with Crippen LogP contribution in [-0.4, -0.2) is 59.0 Å². The number of carbonyl (C=O) groups excluding carboxylic acids is 1. The summed E-state index contributed by atoms with van der Waals surface area (Å²) < 4.78 is 38.9. The first-order valence-electron chi connectivity index (χ1n) is 9.88. The fraction of sp³-hybridized carbons (Fsp3) is 0.409. The molecule has 0 aliphatic rings. The molecule has 2 aromatic rings. The second kappa shape index (κ2) is 10.5. The highest BCUT2D eigenvalue weighted by molar-refractivity contribution is 7.90. The van der Waals surface area contributed by atoms with E-state index in [1.54, 1.807) is 44.4 Å². The standard InChI is InChI=1S/C22H31N3O5S/c1-16-7-8-17(2)21(13-16)25(31(27,28)24(4)5)14-22(26)23-18(3)15-30-20-11-9-19(29-6)10-12-20/h7-13,18H,14-15H2,1-6H3,(H,23,26). The maximum Gasteiger partial charge on any atom is 0.304 e. The SMILES string of the molecule is COc1ccc(OCC(C)NC(=O)CN(c2cc(C)ccc2C)S(=O)(=O)N(C)C)cc1. The van der Waals surface area contributed by atoms with Gasteiger partial charge in [-0.25, -0.2) is 4.31 Å². The zero-order valence-electron chi connectivity index (χ0n) is 18.9. The predicted molar refractivity (Wildman–Crippen MR) is 122 cm³/mol. The Morgan fingerprint density at radius 3 is 2.26 bits per heavy atom. The average molecular weight is 450 g/mol. The topological polar surface area (TPSA) is 88.2 Å². The van der Waals surface area contributed by atoms with E-state index in [4.69, 9.17) is 9.47 Å². The molecule has 2 aromatic carbocycles. The van der Waals surface area contributed by atoms with E-state index < -0.39 is 16.1 Å². The lowest BCUT2D eigenvalue weighted by atomic mass is 10.1. The van der Waals surface area contributed by atoms with Gasteiger partial charge in [-0.2, -0.15) is 12.7 Å². The molecule has 0 radical (unpaired) electrons. The van der Waals surface area contributed by atoms with E-state index in [9.17, 15) is 13.2 Å². The van der Waals surface area contributed by atoms with Gasteiger partial charge in [0.25, 0.3) is 0 Å². The molecule has 170 valence electrons. The smallest absolute Gasteiger partial charge is 0.304 e. The summed E-state index contributed by atoms with van der Waals surface area (Å²) in [5.74, 6) is 0.952. The van der Waals surface area contributed by atoms with Gasteiger partial charge in [-0.15, -0.1) is 0 Å². The van der Waals surface area contributed by atoms with Gasteiger partial charge in [0, 0.05) is 14.1 Å². The highest BCUT2D eigenvalue weighted by atomic mass is 32.2. The van der Waals surface area contributed by atoms with Gasteiger partial charge >= 0.3 is 10.2 Å². The van der Waals surface area contributed by atoms with Crippen molar-refractivity contribution in [2.75, 3.05) is 38.7 Å². The molecule has 0 aliphatic heterocycles. The molecular formula is C22H31N3O5S. The molecule has 0 saturated carbocycles. The van der Waals surface area contributed by atoms with Crippen molar-refractivity contribution in [1.29, 1.82) is 0 Å². The van der Waals surface area contributed by atoms with Crippen molar-refractivity contribution in [2.45, 2.75) is 26.8 Å². The molecule has 0 aromatic heterocycles. The molecule has 1 amide bonds. The van der Waals surface area contributed by atoms with Crippen LogP contribution in [0, 0.1) is 13.8 Å². The maximum atomic E-state index is 12.9. The van der Waals surface area contributed by atoms with Crippen LogP contribution < -0.4 is 19.1 Å². The summed E-state index contributed by atoms with van der Waals surface area (Å²) >= 11 is 0. The van der Waals surface area contributed by atoms with Crippen LogP contribution in [-0.2, 0) is 15.0 Å². The number of nitrogens with zero attached hydrogens (tertiary/aromatic N) is 2. The molecule has 31 heavy (non-hydrogen) atoms. The third-order valence-electron chi connectivity index (χ3n) is 4.63. The van der Waals surface area contributed by atoms with Gasteiger partial charge in [0.1, 0.15) is 24.7 Å². The lowest BCUT2D eigenvalue weighted by Gasteiger charge is -2.29. The molecule has 1 N–H and O–H groups in total. The summed E-state index contributed by atoms with van der Waals surface area (Å²) in [7, 11) is 0.610. The third-order valence-corrected chi connectivity index (χ3v) is 6.43. The minimum absolute atomic E-state index is 0.238. The number of hydrogen-bond acceptors (Lipinski definition) is 5. The third kappa shape index (κ3) is 6.60. The van der Waals surface area contributed by atoms with Crippen LogP contribution in [0.25, 0.3) is 0 Å².